The van der Waals surface area contributed by atoms with Crippen molar-refractivity contribution in [3.8, 4) is 0 Å². The van der Waals surface area contributed by atoms with Crippen molar-refractivity contribution in [2.24, 2.45) is 0 Å². The van der Waals surface area contributed by atoms with Crippen LogP contribution in [0.3, 0.4) is 0 Å². The van der Waals surface area contributed by atoms with E-state index in [9.17, 15) is 9.59 Å². The summed E-state index contributed by atoms with van der Waals surface area (Å²) in [5.41, 5.74) is 1.86. The van der Waals surface area contributed by atoms with Gasteiger partial charge in [0.15, 0.2) is 0 Å². The van der Waals surface area contributed by atoms with Gasteiger partial charge in [0, 0.05) is 30.5 Å². The average molecular weight is 316 g/mol. The standard InChI is InChI=1S/C16H14ClN3O2/c17-14-7-6-11(10-18-14)16(22)19-12-3-1-4-13(9-12)20-8-2-5-15(20)21/h1,3-4,6-7,9-10H,2,5,8H2,(H,19,22). The van der Waals surface area contributed by atoms with E-state index >= 15 is 0 Å². The van der Waals surface area contributed by atoms with Crippen molar-refractivity contribution in [2.45, 2.75) is 12.8 Å². The fraction of sp³-hybridized carbons (Fsp3) is 0.188. The van der Waals surface area contributed by atoms with Crippen LogP contribution in [0.4, 0.5) is 11.4 Å². The molecule has 2 aromatic rings. The zero-order valence-corrected chi connectivity index (χ0v) is 12.5. The van der Waals surface area contributed by atoms with Crippen molar-refractivity contribution in [1.82, 2.24) is 4.98 Å². The van der Waals surface area contributed by atoms with E-state index in [1.165, 1.54) is 6.20 Å². The highest BCUT2D eigenvalue weighted by Gasteiger charge is 2.21. The number of aromatic nitrogens is 1. The number of amides is 2. The third-order valence-corrected chi connectivity index (χ3v) is 3.70. The Morgan fingerprint density at radius 2 is 2.14 bits per heavy atom. The van der Waals surface area contributed by atoms with E-state index in [0.717, 1.165) is 18.7 Å². The van der Waals surface area contributed by atoms with Crippen LogP contribution in [0.2, 0.25) is 5.15 Å². The third-order valence-electron chi connectivity index (χ3n) is 3.48. The van der Waals surface area contributed by atoms with Crippen LogP contribution in [0, 0.1) is 0 Å². The molecule has 1 fully saturated rings. The zero-order valence-electron chi connectivity index (χ0n) is 11.8. The Hall–Kier alpha value is -2.40. The molecule has 0 radical (unpaired) electrons. The molecule has 1 aliphatic rings. The van der Waals surface area contributed by atoms with Crippen molar-refractivity contribution in [3.05, 3.63) is 53.3 Å². The van der Waals surface area contributed by atoms with Gasteiger partial charge in [-0.15, -0.1) is 0 Å². The predicted octanol–water partition coefficient (Wildman–Crippen LogP) is 3.11. The molecule has 0 bridgehead atoms. The van der Waals surface area contributed by atoms with Gasteiger partial charge in [-0.1, -0.05) is 17.7 Å². The number of pyridine rings is 1. The number of hydrogen-bond acceptors (Lipinski definition) is 3. The van der Waals surface area contributed by atoms with Gasteiger partial charge in [-0.05, 0) is 36.8 Å². The predicted molar refractivity (Wildman–Crippen MR) is 85.2 cm³/mol. The Balaban J connectivity index is 1.76. The van der Waals surface area contributed by atoms with Crippen molar-refractivity contribution >= 4 is 34.8 Å². The molecule has 0 spiro atoms. The van der Waals surface area contributed by atoms with Gasteiger partial charge in [0.1, 0.15) is 5.15 Å². The molecule has 112 valence electrons. The number of halogens is 1. The lowest BCUT2D eigenvalue weighted by atomic mass is 10.2. The van der Waals surface area contributed by atoms with Crippen molar-refractivity contribution in [3.63, 3.8) is 0 Å². The van der Waals surface area contributed by atoms with E-state index in [1.54, 1.807) is 29.2 Å². The average Bonchev–Trinajstić information content (AvgIpc) is 2.94. The molecule has 0 aliphatic carbocycles. The lowest BCUT2D eigenvalue weighted by Crippen LogP contribution is -2.23. The number of hydrogen-bond donors (Lipinski definition) is 1. The maximum Gasteiger partial charge on any atom is 0.257 e. The second-order valence-corrected chi connectivity index (χ2v) is 5.41. The third kappa shape index (κ3) is 3.09. The molecule has 5 nitrogen and oxygen atoms in total. The molecule has 1 aromatic heterocycles. The Morgan fingerprint density at radius 1 is 1.27 bits per heavy atom. The van der Waals surface area contributed by atoms with Crippen LogP contribution in [-0.2, 0) is 4.79 Å². The normalized spacial score (nSPS) is 14.2. The minimum atomic E-state index is -0.269. The Morgan fingerprint density at radius 3 is 2.82 bits per heavy atom. The van der Waals surface area contributed by atoms with E-state index in [4.69, 9.17) is 11.6 Å². The van der Waals surface area contributed by atoms with Crippen LogP contribution >= 0.6 is 11.6 Å². The summed E-state index contributed by atoms with van der Waals surface area (Å²) in [5, 5.41) is 3.14. The molecule has 0 atom stereocenters. The number of anilines is 2. The smallest absolute Gasteiger partial charge is 0.257 e. The molecule has 1 N–H and O–H groups in total. The summed E-state index contributed by atoms with van der Waals surface area (Å²) in [5.74, 6) is -0.153. The number of nitrogens with zero attached hydrogens (tertiary/aromatic N) is 2. The van der Waals surface area contributed by atoms with E-state index in [0.29, 0.717) is 22.8 Å². The minimum absolute atomic E-state index is 0.116. The van der Waals surface area contributed by atoms with Crippen molar-refractivity contribution in [1.29, 1.82) is 0 Å². The fourth-order valence-electron chi connectivity index (χ4n) is 2.39. The molecule has 1 aromatic carbocycles. The molecule has 6 heteroatoms. The number of carbonyl (C=O) groups excluding carboxylic acids is 2. The van der Waals surface area contributed by atoms with E-state index in [1.807, 2.05) is 12.1 Å². The molecule has 0 saturated carbocycles. The fourth-order valence-corrected chi connectivity index (χ4v) is 2.50. The Kier molecular flexibility index (Phi) is 4.06. The van der Waals surface area contributed by atoms with Crippen LogP contribution in [0.1, 0.15) is 23.2 Å². The number of rotatable bonds is 3. The maximum absolute atomic E-state index is 12.1. The molecule has 2 heterocycles. The van der Waals surface area contributed by atoms with Crippen molar-refractivity contribution < 1.29 is 9.59 Å². The van der Waals surface area contributed by atoms with Crippen LogP contribution in [0.15, 0.2) is 42.6 Å². The largest absolute Gasteiger partial charge is 0.322 e. The van der Waals surface area contributed by atoms with Crippen LogP contribution in [0.25, 0.3) is 0 Å². The molecule has 2 amide bonds. The minimum Gasteiger partial charge on any atom is -0.322 e. The Bertz CT molecular complexity index is 716. The lowest BCUT2D eigenvalue weighted by molar-refractivity contribution is -0.117. The van der Waals surface area contributed by atoms with Gasteiger partial charge in [-0.3, -0.25) is 9.59 Å². The first-order valence-corrected chi connectivity index (χ1v) is 7.34. The summed E-state index contributed by atoms with van der Waals surface area (Å²) in [6.07, 6.45) is 2.87. The quantitative estimate of drug-likeness (QED) is 0.885. The number of benzene rings is 1. The summed E-state index contributed by atoms with van der Waals surface area (Å²) < 4.78 is 0. The molecule has 0 unspecified atom stereocenters. The second-order valence-electron chi connectivity index (χ2n) is 5.02. The highest BCUT2D eigenvalue weighted by atomic mass is 35.5. The summed E-state index contributed by atoms with van der Waals surface area (Å²) in [6.45, 7) is 0.720. The van der Waals surface area contributed by atoms with Crippen molar-refractivity contribution in [2.75, 3.05) is 16.8 Å². The topological polar surface area (TPSA) is 62.3 Å². The second kappa shape index (κ2) is 6.15. The van der Waals surface area contributed by atoms with Gasteiger partial charge >= 0.3 is 0 Å². The van der Waals surface area contributed by atoms with Crippen LogP contribution in [-0.4, -0.2) is 23.3 Å². The first-order valence-electron chi connectivity index (χ1n) is 6.97. The zero-order chi connectivity index (χ0) is 15.5. The lowest BCUT2D eigenvalue weighted by Gasteiger charge is -2.16. The van der Waals surface area contributed by atoms with Gasteiger partial charge in [-0.2, -0.15) is 0 Å². The number of carbonyl (C=O) groups is 2. The van der Waals surface area contributed by atoms with E-state index < -0.39 is 0 Å². The highest BCUT2D eigenvalue weighted by Crippen LogP contribution is 2.24. The molecule has 1 saturated heterocycles. The van der Waals surface area contributed by atoms with Gasteiger partial charge in [0.05, 0.1) is 5.56 Å². The molecular formula is C16H14ClN3O2. The summed E-state index contributed by atoms with van der Waals surface area (Å²) in [7, 11) is 0. The molecule has 1 aliphatic heterocycles. The van der Waals surface area contributed by atoms with Crippen LogP contribution in [0.5, 0.6) is 0 Å². The molecule has 22 heavy (non-hydrogen) atoms. The Labute approximate surface area is 132 Å². The van der Waals surface area contributed by atoms with E-state index in [2.05, 4.69) is 10.3 Å². The number of nitrogens with one attached hydrogen (secondary N) is 1. The first kappa shape index (κ1) is 14.5. The maximum atomic E-state index is 12.1. The first-order chi connectivity index (χ1) is 10.6. The van der Waals surface area contributed by atoms with E-state index in [-0.39, 0.29) is 11.8 Å². The van der Waals surface area contributed by atoms with Gasteiger partial charge < -0.3 is 10.2 Å². The van der Waals surface area contributed by atoms with Gasteiger partial charge in [-0.25, -0.2) is 4.98 Å². The summed E-state index contributed by atoms with van der Waals surface area (Å²) >= 11 is 5.70. The van der Waals surface area contributed by atoms with Crippen LogP contribution < -0.4 is 10.2 Å². The molecular weight excluding hydrogens is 302 g/mol. The highest BCUT2D eigenvalue weighted by molar-refractivity contribution is 6.29. The monoisotopic (exact) mass is 315 g/mol. The summed E-state index contributed by atoms with van der Waals surface area (Å²) in [6, 6.07) is 10.4. The van der Waals surface area contributed by atoms with Gasteiger partial charge in [0.2, 0.25) is 5.91 Å². The molecule has 3 rings (SSSR count). The summed E-state index contributed by atoms with van der Waals surface area (Å²) in [4.78, 5) is 29.5. The van der Waals surface area contributed by atoms with Gasteiger partial charge in [0.25, 0.3) is 5.91 Å². The SMILES string of the molecule is O=C(Nc1cccc(N2CCCC2=O)c1)c1ccc(Cl)nc1.